The summed E-state index contributed by atoms with van der Waals surface area (Å²) in [5, 5.41) is 5.17. The van der Waals surface area contributed by atoms with Gasteiger partial charge in [0.2, 0.25) is 0 Å². The highest BCUT2D eigenvalue weighted by atomic mass is 35.5. The smallest absolute Gasteiger partial charge is 0.183 e. The minimum absolute atomic E-state index is 0.696. The van der Waals surface area contributed by atoms with Gasteiger partial charge in [-0.3, -0.25) is 0 Å². The van der Waals surface area contributed by atoms with Crippen LogP contribution < -0.4 is 5.32 Å². The van der Waals surface area contributed by atoms with Crippen molar-refractivity contribution in [1.29, 1.82) is 0 Å². The molecule has 1 N–H and O–H groups in total. The van der Waals surface area contributed by atoms with Crippen LogP contribution in [0.15, 0.2) is 18.2 Å². The maximum Gasteiger partial charge on any atom is 0.183 e. The molecule has 3 nitrogen and oxygen atoms in total. The molecule has 18 heavy (non-hydrogen) atoms. The Morgan fingerprint density at radius 1 is 1.39 bits per heavy atom. The number of benzene rings is 1. The van der Waals surface area contributed by atoms with E-state index in [-0.39, 0.29) is 0 Å². The second-order valence-electron chi connectivity index (χ2n) is 4.54. The van der Waals surface area contributed by atoms with Crippen molar-refractivity contribution >= 4 is 38.3 Å². The third kappa shape index (κ3) is 2.60. The Morgan fingerprint density at radius 3 is 3.00 bits per heavy atom. The molecule has 1 aromatic carbocycles. The Labute approximate surface area is 115 Å². The highest BCUT2D eigenvalue weighted by Crippen LogP contribution is 2.32. The summed E-state index contributed by atoms with van der Waals surface area (Å²) in [4.78, 5) is 4.55. The number of hydrogen-bond acceptors (Lipinski definition) is 4. The van der Waals surface area contributed by atoms with E-state index in [9.17, 15) is 0 Å². The van der Waals surface area contributed by atoms with Gasteiger partial charge in [0.15, 0.2) is 5.13 Å². The summed E-state index contributed by atoms with van der Waals surface area (Å²) < 4.78 is 6.42. The largest absolute Gasteiger partial charge is 0.381 e. The van der Waals surface area contributed by atoms with Crippen LogP contribution >= 0.6 is 22.9 Å². The van der Waals surface area contributed by atoms with E-state index in [0.717, 1.165) is 53.0 Å². The second kappa shape index (κ2) is 5.43. The summed E-state index contributed by atoms with van der Waals surface area (Å²) in [5.74, 6) is 0.696. The molecular weight excluding hydrogens is 268 g/mol. The Hall–Kier alpha value is -0.840. The molecule has 2 aromatic rings. The maximum atomic E-state index is 6.15. The van der Waals surface area contributed by atoms with Crippen molar-refractivity contribution in [3.05, 3.63) is 23.2 Å². The molecule has 1 aromatic heterocycles. The quantitative estimate of drug-likeness (QED) is 0.930. The molecule has 0 aliphatic carbocycles. The Bertz CT molecular complexity index is 537. The predicted octanol–water partition coefficient (Wildman–Crippen LogP) is 3.79. The minimum atomic E-state index is 0.696. The minimum Gasteiger partial charge on any atom is -0.381 e. The third-order valence-corrected chi connectivity index (χ3v) is 4.74. The van der Waals surface area contributed by atoms with Crippen LogP contribution in [0.3, 0.4) is 0 Å². The van der Waals surface area contributed by atoms with Crippen molar-refractivity contribution in [2.24, 2.45) is 5.92 Å². The van der Waals surface area contributed by atoms with Crippen LogP contribution in [0.4, 0.5) is 5.13 Å². The van der Waals surface area contributed by atoms with Gasteiger partial charge in [0, 0.05) is 19.8 Å². The van der Waals surface area contributed by atoms with Gasteiger partial charge in [0.25, 0.3) is 0 Å². The number of rotatable bonds is 3. The topological polar surface area (TPSA) is 34.2 Å². The lowest BCUT2D eigenvalue weighted by Gasteiger charge is -2.21. The molecule has 3 rings (SSSR count). The summed E-state index contributed by atoms with van der Waals surface area (Å²) in [5.41, 5.74) is 0.974. The molecule has 0 spiro atoms. The van der Waals surface area contributed by atoms with Crippen LogP contribution in [-0.4, -0.2) is 24.7 Å². The van der Waals surface area contributed by atoms with Crippen molar-refractivity contribution in [2.75, 3.05) is 25.1 Å². The molecule has 96 valence electrons. The van der Waals surface area contributed by atoms with Gasteiger partial charge in [-0.2, -0.15) is 0 Å². The zero-order valence-corrected chi connectivity index (χ0v) is 11.6. The van der Waals surface area contributed by atoms with E-state index >= 15 is 0 Å². The molecule has 0 atom stereocenters. The lowest BCUT2D eigenvalue weighted by molar-refractivity contribution is 0.0699. The zero-order valence-electron chi connectivity index (χ0n) is 9.99. The molecule has 5 heteroatoms. The summed E-state index contributed by atoms with van der Waals surface area (Å²) in [6.45, 7) is 2.75. The van der Waals surface area contributed by atoms with Gasteiger partial charge in [0.05, 0.1) is 15.2 Å². The van der Waals surface area contributed by atoms with Crippen LogP contribution in [0, 0.1) is 5.92 Å². The number of nitrogens with zero attached hydrogens (tertiary/aromatic N) is 1. The first-order chi connectivity index (χ1) is 8.83. The van der Waals surface area contributed by atoms with Crippen molar-refractivity contribution in [1.82, 2.24) is 4.98 Å². The Kier molecular flexibility index (Phi) is 3.68. The SMILES string of the molecule is Clc1cccc2nc(NCC3CCOCC3)sc12. The van der Waals surface area contributed by atoms with E-state index in [1.54, 1.807) is 11.3 Å². The fraction of sp³-hybridized carbons (Fsp3) is 0.462. The number of halogens is 1. The zero-order chi connectivity index (χ0) is 12.4. The lowest BCUT2D eigenvalue weighted by Crippen LogP contribution is -2.22. The number of fused-ring (bicyclic) bond motifs is 1. The molecule has 0 saturated carbocycles. The summed E-state index contributed by atoms with van der Waals surface area (Å²) >= 11 is 7.77. The molecule has 1 aliphatic rings. The van der Waals surface area contributed by atoms with Crippen molar-refractivity contribution < 1.29 is 4.74 Å². The fourth-order valence-electron chi connectivity index (χ4n) is 2.17. The average Bonchev–Trinajstić information content (AvgIpc) is 2.82. The molecule has 1 aliphatic heterocycles. The maximum absolute atomic E-state index is 6.15. The first kappa shape index (κ1) is 12.2. The van der Waals surface area contributed by atoms with Crippen LogP contribution in [0.1, 0.15) is 12.8 Å². The molecule has 1 fully saturated rings. The van der Waals surface area contributed by atoms with Gasteiger partial charge in [-0.15, -0.1) is 0 Å². The molecule has 0 bridgehead atoms. The second-order valence-corrected chi connectivity index (χ2v) is 5.95. The molecule has 1 saturated heterocycles. The van der Waals surface area contributed by atoms with Crippen LogP contribution in [0.2, 0.25) is 5.02 Å². The van der Waals surface area contributed by atoms with Gasteiger partial charge >= 0.3 is 0 Å². The van der Waals surface area contributed by atoms with Gasteiger partial charge in [-0.05, 0) is 30.9 Å². The van der Waals surface area contributed by atoms with Crippen molar-refractivity contribution in [2.45, 2.75) is 12.8 Å². The normalized spacial score (nSPS) is 17.2. The number of thiazole rings is 1. The van der Waals surface area contributed by atoms with E-state index in [2.05, 4.69) is 10.3 Å². The molecule has 0 radical (unpaired) electrons. The standard InChI is InChI=1S/C13H15ClN2OS/c14-10-2-1-3-11-12(10)18-13(16-11)15-8-9-4-6-17-7-5-9/h1-3,9H,4-8H2,(H,15,16). The number of hydrogen-bond donors (Lipinski definition) is 1. The van der Waals surface area contributed by atoms with E-state index in [1.165, 1.54) is 0 Å². The molecular formula is C13H15ClN2OS. The summed E-state index contributed by atoms with van der Waals surface area (Å²) in [6.07, 6.45) is 2.28. The summed E-state index contributed by atoms with van der Waals surface area (Å²) in [6, 6.07) is 5.84. The number of nitrogens with one attached hydrogen (secondary N) is 1. The Balaban J connectivity index is 1.69. The van der Waals surface area contributed by atoms with Crippen LogP contribution in [0.25, 0.3) is 10.2 Å². The molecule has 0 amide bonds. The highest BCUT2D eigenvalue weighted by molar-refractivity contribution is 7.22. The van der Waals surface area contributed by atoms with Gasteiger partial charge < -0.3 is 10.1 Å². The van der Waals surface area contributed by atoms with E-state index in [4.69, 9.17) is 16.3 Å². The van der Waals surface area contributed by atoms with E-state index in [1.807, 2.05) is 18.2 Å². The number of anilines is 1. The summed E-state index contributed by atoms with van der Waals surface area (Å²) in [7, 11) is 0. The monoisotopic (exact) mass is 282 g/mol. The number of ether oxygens (including phenoxy) is 1. The Morgan fingerprint density at radius 2 is 2.22 bits per heavy atom. The molecule has 2 heterocycles. The van der Waals surface area contributed by atoms with Gasteiger partial charge in [-0.1, -0.05) is 29.0 Å². The van der Waals surface area contributed by atoms with Crippen LogP contribution in [-0.2, 0) is 4.74 Å². The van der Waals surface area contributed by atoms with Crippen molar-refractivity contribution in [3.63, 3.8) is 0 Å². The number of aromatic nitrogens is 1. The fourth-order valence-corrected chi connectivity index (χ4v) is 3.34. The van der Waals surface area contributed by atoms with Crippen molar-refractivity contribution in [3.8, 4) is 0 Å². The lowest BCUT2D eigenvalue weighted by atomic mass is 10.0. The predicted molar refractivity (Wildman–Crippen MR) is 76.7 cm³/mol. The first-order valence-electron chi connectivity index (χ1n) is 6.19. The van der Waals surface area contributed by atoms with E-state index < -0.39 is 0 Å². The highest BCUT2D eigenvalue weighted by Gasteiger charge is 2.14. The van der Waals surface area contributed by atoms with E-state index in [0.29, 0.717) is 5.92 Å². The van der Waals surface area contributed by atoms with Gasteiger partial charge in [-0.25, -0.2) is 4.98 Å². The third-order valence-electron chi connectivity index (χ3n) is 3.25. The first-order valence-corrected chi connectivity index (χ1v) is 7.39. The molecule has 0 unspecified atom stereocenters. The average molecular weight is 283 g/mol. The van der Waals surface area contributed by atoms with Crippen LogP contribution in [0.5, 0.6) is 0 Å². The van der Waals surface area contributed by atoms with Gasteiger partial charge in [0.1, 0.15) is 0 Å².